The fraction of sp³-hybridized carbons (Fsp3) is 0.562. The van der Waals surface area contributed by atoms with Gasteiger partial charge in [-0.2, -0.15) is 0 Å². The summed E-state index contributed by atoms with van der Waals surface area (Å²) in [5, 5.41) is 9.16. The lowest BCUT2D eigenvalue weighted by Gasteiger charge is -2.30. The van der Waals surface area contributed by atoms with E-state index in [1.807, 2.05) is 24.3 Å². The van der Waals surface area contributed by atoms with Crippen LogP contribution in [0, 0.1) is 0 Å². The number of ether oxygens (including phenoxy) is 1. The van der Waals surface area contributed by atoms with Crippen LogP contribution in [-0.2, 0) is 4.79 Å². The smallest absolute Gasteiger partial charge is 0.230 e. The van der Waals surface area contributed by atoms with E-state index >= 15 is 0 Å². The van der Waals surface area contributed by atoms with Gasteiger partial charge in [-0.15, -0.1) is 0 Å². The lowest BCUT2D eigenvalue weighted by molar-refractivity contribution is -0.134. The molecule has 1 heterocycles. The van der Waals surface area contributed by atoms with Gasteiger partial charge >= 0.3 is 0 Å². The summed E-state index contributed by atoms with van der Waals surface area (Å²) >= 11 is 0. The van der Waals surface area contributed by atoms with Crippen molar-refractivity contribution in [3.63, 3.8) is 0 Å². The zero-order valence-corrected chi connectivity index (χ0v) is 12.0. The highest BCUT2D eigenvalue weighted by Gasteiger charge is 2.30. The molecule has 0 aromatic heterocycles. The van der Waals surface area contributed by atoms with Crippen molar-refractivity contribution in [2.75, 3.05) is 26.3 Å². The Balaban J connectivity index is 2.15. The minimum atomic E-state index is -0.136. The third-order valence-electron chi connectivity index (χ3n) is 3.72. The molecule has 1 atom stereocenters. The molecule has 1 N–H and O–H groups in total. The topological polar surface area (TPSA) is 49.8 Å². The summed E-state index contributed by atoms with van der Waals surface area (Å²) in [6, 6.07) is 7.75. The Morgan fingerprint density at radius 3 is 2.95 bits per heavy atom. The number of unbranched alkanes of at least 4 members (excludes halogenated alkanes) is 1. The van der Waals surface area contributed by atoms with Crippen molar-refractivity contribution in [1.82, 2.24) is 4.90 Å². The van der Waals surface area contributed by atoms with Gasteiger partial charge in [-0.25, -0.2) is 0 Å². The largest absolute Gasteiger partial charge is 0.493 e. The average molecular weight is 277 g/mol. The summed E-state index contributed by atoms with van der Waals surface area (Å²) in [5.74, 6) is 0.795. The summed E-state index contributed by atoms with van der Waals surface area (Å²) in [5.41, 5.74) is 0.975. The standard InChI is InChI=1S/C16H23NO3/c1-2-3-9-17(10-11-18)16(19)14-8-12-20-15-7-5-4-6-13(14)15/h4-7,14,18H,2-3,8-12H2,1H3. The first-order valence-electron chi connectivity index (χ1n) is 7.39. The number of aliphatic hydroxyl groups excluding tert-OH is 1. The molecule has 0 fully saturated rings. The van der Waals surface area contributed by atoms with Crippen molar-refractivity contribution in [2.24, 2.45) is 0 Å². The molecular formula is C16H23NO3. The molecule has 4 nitrogen and oxygen atoms in total. The van der Waals surface area contributed by atoms with E-state index < -0.39 is 0 Å². The van der Waals surface area contributed by atoms with E-state index in [9.17, 15) is 4.79 Å². The summed E-state index contributed by atoms with van der Waals surface area (Å²) in [4.78, 5) is 14.5. The second-order valence-corrected chi connectivity index (χ2v) is 5.13. The van der Waals surface area contributed by atoms with Crippen LogP contribution in [0.2, 0.25) is 0 Å². The van der Waals surface area contributed by atoms with Crippen molar-refractivity contribution in [3.05, 3.63) is 29.8 Å². The van der Waals surface area contributed by atoms with Crippen LogP contribution >= 0.6 is 0 Å². The number of para-hydroxylation sites is 1. The first-order valence-corrected chi connectivity index (χ1v) is 7.39. The van der Waals surface area contributed by atoms with E-state index in [0.717, 1.165) is 30.7 Å². The van der Waals surface area contributed by atoms with E-state index in [1.54, 1.807) is 4.90 Å². The number of rotatable bonds is 6. The SMILES string of the molecule is CCCCN(CCO)C(=O)C1CCOc2ccccc21. The monoisotopic (exact) mass is 277 g/mol. The van der Waals surface area contributed by atoms with E-state index in [1.165, 1.54) is 0 Å². The summed E-state index contributed by atoms with van der Waals surface area (Å²) < 4.78 is 5.60. The van der Waals surface area contributed by atoms with Gasteiger partial charge in [-0.05, 0) is 18.9 Å². The molecule has 110 valence electrons. The zero-order chi connectivity index (χ0) is 14.4. The first kappa shape index (κ1) is 14.9. The molecule has 1 aromatic rings. The van der Waals surface area contributed by atoms with Crippen molar-refractivity contribution >= 4 is 5.91 Å². The fourth-order valence-electron chi connectivity index (χ4n) is 2.62. The van der Waals surface area contributed by atoms with Crippen LogP contribution in [0.15, 0.2) is 24.3 Å². The Morgan fingerprint density at radius 1 is 1.40 bits per heavy atom. The number of carbonyl (C=O) groups is 1. The predicted octanol–water partition coefficient (Wildman–Crippen LogP) is 2.17. The van der Waals surface area contributed by atoms with Crippen molar-refractivity contribution < 1.29 is 14.6 Å². The predicted molar refractivity (Wildman–Crippen MR) is 77.9 cm³/mol. The van der Waals surface area contributed by atoms with Gasteiger partial charge < -0.3 is 14.7 Å². The molecule has 2 rings (SSSR count). The second kappa shape index (κ2) is 7.29. The van der Waals surface area contributed by atoms with Crippen LogP contribution in [0.4, 0.5) is 0 Å². The summed E-state index contributed by atoms with van der Waals surface area (Å²) in [6.07, 6.45) is 2.72. The van der Waals surface area contributed by atoms with Gasteiger partial charge in [0, 0.05) is 18.7 Å². The van der Waals surface area contributed by atoms with Gasteiger partial charge in [-0.3, -0.25) is 4.79 Å². The minimum absolute atomic E-state index is 0.0142. The Hall–Kier alpha value is -1.55. The molecule has 0 spiro atoms. The molecule has 0 aliphatic carbocycles. The normalized spacial score (nSPS) is 17.2. The Labute approximate surface area is 120 Å². The number of carbonyl (C=O) groups excluding carboxylic acids is 1. The van der Waals surface area contributed by atoms with Crippen LogP contribution in [0.5, 0.6) is 5.75 Å². The first-order chi connectivity index (χ1) is 9.77. The van der Waals surface area contributed by atoms with E-state index in [2.05, 4.69) is 6.92 Å². The zero-order valence-electron chi connectivity index (χ0n) is 12.0. The van der Waals surface area contributed by atoms with E-state index in [-0.39, 0.29) is 18.4 Å². The lowest BCUT2D eigenvalue weighted by Crippen LogP contribution is -2.39. The molecule has 1 amide bonds. The number of amides is 1. The van der Waals surface area contributed by atoms with Crippen LogP contribution in [0.1, 0.15) is 37.7 Å². The van der Waals surface area contributed by atoms with Crippen LogP contribution in [0.25, 0.3) is 0 Å². The van der Waals surface area contributed by atoms with Crippen molar-refractivity contribution in [1.29, 1.82) is 0 Å². The van der Waals surface area contributed by atoms with Gasteiger partial charge in [-0.1, -0.05) is 31.5 Å². The molecule has 1 aromatic carbocycles. The number of nitrogens with zero attached hydrogens (tertiary/aromatic N) is 1. The quantitative estimate of drug-likeness (QED) is 0.867. The maximum Gasteiger partial charge on any atom is 0.230 e. The maximum atomic E-state index is 12.7. The van der Waals surface area contributed by atoms with Crippen LogP contribution in [-0.4, -0.2) is 42.2 Å². The molecule has 1 aliphatic heterocycles. The van der Waals surface area contributed by atoms with Crippen LogP contribution in [0.3, 0.4) is 0 Å². The van der Waals surface area contributed by atoms with Crippen LogP contribution < -0.4 is 4.74 Å². The Kier molecular flexibility index (Phi) is 5.41. The Morgan fingerprint density at radius 2 is 2.20 bits per heavy atom. The van der Waals surface area contributed by atoms with Gasteiger partial charge in [0.15, 0.2) is 0 Å². The fourth-order valence-corrected chi connectivity index (χ4v) is 2.62. The van der Waals surface area contributed by atoms with E-state index in [0.29, 0.717) is 19.6 Å². The third kappa shape index (κ3) is 3.31. The summed E-state index contributed by atoms with van der Waals surface area (Å²) in [6.45, 7) is 3.83. The van der Waals surface area contributed by atoms with Gasteiger partial charge in [0.05, 0.1) is 19.1 Å². The highest BCUT2D eigenvalue weighted by atomic mass is 16.5. The molecule has 0 radical (unpaired) electrons. The summed E-state index contributed by atoms with van der Waals surface area (Å²) in [7, 11) is 0. The molecule has 20 heavy (non-hydrogen) atoms. The van der Waals surface area contributed by atoms with Gasteiger partial charge in [0.2, 0.25) is 5.91 Å². The molecular weight excluding hydrogens is 254 g/mol. The van der Waals surface area contributed by atoms with Crippen molar-refractivity contribution in [3.8, 4) is 5.75 Å². The Bertz CT molecular complexity index is 447. The molecule has 0 saturated heterocycles. The number of fused-ring (bicyclic) bond motifs is 1. The minimum Gasteiger partial charge on any atom is -0.493 e. The lowest BCUT2D eigenvalue weighted by atomic mass is 9.91. The molecule has 1 aliphatic rings. The average Bonchev–Trinajstić information content (AvgIpc) is 2.50. The molecule has 0 saturated carbocycles. The maximum absolute atomic E-state index is 12.7. The third-order valence-corrected chi connectivity index (χ3v) is 3.72. The second-order valence-electron chi connectivity index (χ2n) is 5.13. The highest BCUT2D eigenvalue weighted by Crippen LogP contribution is 2.34. The van der Waals surface area contributed by atoms with Gasteiger partial charge in [0.1, 0.15) is 5.75 Å². The van der Waals surface area contributed by atoms with Crippen molar-refractivity contribution in [2.45, 2.75) is 32.1 Å². The van der Waals surface area contributed by atoms with Gasteiger partial charge in [0.25, 0.3) is 0 Å². The molecule has 1 unspecified atom stereocenters. The van der Waals surface area contributed by atoms with E-state index in [4.69, 9.17) is 9.84 Å². The number of hydrogen-bond acceptors (Lipinski definition) is 3. The number of hydrogen-bond donors (Lipinski definition) is 1. The highest BCUT2D eigenvalue weighted by molar-refractivity contribution is 5.84. The molecule has 4 heteroatoms. The molecule has 0 bridgehead atoms. The number of aliphatic hydroxyl groups is 1. The number of benzene rings is 1.